The van der Waals surface area contributed by atoms with Gasteiger partial charge < -0.3 is 25.2 Å². The van der Waals surface area contributed by atoms with Crippen LogP contribution in [0.4, 0.5) is 0 Å². The van der Waals surface area contributed by atoms with E-state index < -0.39 is 37.1 Å². The van der Waals surface area contributed by atoms with E-state index >= 15 is 0 Å². The van der Waals surface area contributed by atoms with E-state index in [1.54, 1.807) is 11.5 Å². The summed E-state index contributed by atoms with van der Waals surface area (Å²) in [6.45, 7) is 0.741. The highest BCUT2D eigenvalue weighted by molar-refractivity contribution is 5.77. The predicted octanol–water partition coefficient (Wildman–Crippen LogP) is -0.614. The smallest absolute Gasteiger partial charge is 0.165 e. The number of aliphatic hydroxyl groups is 3. The third kappa shape index (κ3) is 1.91. The van der Waals surface area contributed by atoms with Crippen LogP contribution in [0, 0.1) is 5.92 Å². The zero-order chi connectivity index (χ0) is 15.2. The van der Waals surface area contributed by atoms with Crippen molar-refractivity contribution in [1.29, 1.82) is 0 Å². The van der Waals surface area contributed by atoms with Gasteiger partial charge in [-0.3, -0.25) is 4.57 Å². The molecule has 0 unspecified atom stereocenters. The molecule has 2 aromatic rings. The average molecular weight is 295 g/mol. The second-order valence-electron chi connectivity index (χ2n) is 5.35. The van der Waals surface area contributed by atoms with E-state index in [-0.39, 0.29) is 5.75 Å². The fourth-order valence-corrected chi connectivity index (χ4v) is 2.78. The minimum atomic E-state index is -1.42. The van der Waals surface area contributed by atoms with Gasteiger partial charge in [0.1, 0.15) is 23.1 Å². The molecule has 8 heteroatoms. The van der Waals surface area contributed by atoms with Gasteiger partial charge in [0.25, 0.3) is 0 Å². The minimum absolute atomic E-state index is 0.000489. The van der Waals surface area contributed by atoms with Crippen LogP contribution in [0.5, 0.6) is 5.75 Å². The summed E-state index contributed by atoms with van der Waals surface area (Å²) >= 11 is 0. The highest BCUT2D eigenvalue weighted by Crippen LogP contribution is 2.42. The third-order valence-corrected chi connectivity index (χ3v) is 4.09. The van der Waals surface area contributed by atoms with E-state index in [0.717, 1.165) is 0 Å². The first-order chi connectivity index (χ1) is 10.0. The maximum atomic E-state index is 10.3. The number of ether oxygens (including phenoxy) is 1. The second kappa shape index (κ2) is 4.92. The predicted molar refractivity (Wildman–Crippen MR) is 71.4 cm³/mol. The van der Waals surface area contributed by atoms with E-state index in [9.17, 15) is 20.4 Å². The number of imidazole rings is 1. The van der Waals surface area contributed by atoms with Crippen LogP contribution in [0.15, 0.2) is 18.6 Å². The molecule has 0 aliphatic carbocycles. The second-order valence-corrected chi connectivity index (χ2v) is 5.35. The van der Waals surface area contributed by atoms with Crippen molar-refractivity contribution in [2.45, 2.75) is 24.9 Å². The number of fused-ring (bicyclic) bond motifs is 1. The maximum Gasteiger partial charge on any atom is 0.165 e. The number of hydrogen-bond donors (Lipinski definition) is 4. The van der Waals surface area contributed by atoms with Gasteiger partial charge in [-0.05, 0) is 0 Å². The van der Waals surface area contributed by atoms with Crippen LogP contribution >= 0.6 is 0 Å². The molecule has 0 spiro atoms. The number of aliphatic hydroxyl groups excluding tert-OH is 3. The number of pyridine rings is 1. The average Bonchev–Trinajstić information content (AvgIpc) is 3.02. The van der Waals surface area contributed by atoms with Crippen molar-refractivity contribution in [3.8, 4) is 5.75 Å². The molecule has 0 radical (unpaired) electrons. The maximum absolute atomic E-state index is 10.3. The highest BCUT2D eigenvalue weighted by Gasteiger charge is 2.53. The Hall–Kier alpha value is -1.74. The third-order valence-electron chi connectivity index (χ3n) is 4.09. The van der Waals surface area contributed by atoms with Gasteiger partial charge >= 0.3 is 0 Å². The summed E-state index contributed by atoms with van der Waals surface area (Å²) in [5.74, 6) is -0.397. The highest BCUT2D eigenvalue weighted by atomic mass is 16.6. The monoisotopic (exact) mass is 295 g/mol. The molecule has 2 aromatic heterocycles. The zero-order valence-electron chi connectivity index (χ0n) is 11.4. The molecule has 0 saturated carbocycles. The Morgan fingerprint density at radius 3 is 2.67 bits per heavy atom. The number of rotatable bonds is 3. The Balaban J connectivity index is 2.06. The van der Waals surface area contributed by atoms with Crippen molar-refractivity contribution in [3.63, 3.8) is 0 Å². The van der Waals surface area contributed by atoms with Gasteiger partial charge in [0, 0.05) is 18.2 Å². The molecule has 3 atom stereocenters. The van der Waals surface area contributed by atoms with Gasteiger partial charge in [-0.15, -0.1) is 0 Å². The summed E-state index contributed by atoms with van der Waals surface area (Å²) in [5.41, 5.74) is -0.684. The van der Waals surface area contributed by atoms with E-state index in [4.69, 9.17) is 4.74 Å². The first-order valence-electron chi connectivity index (χ1n) is 6.62. The van der Waals surface area contributed by atoms with Crippen molar-refractivity contribution in [1.82, 2.24) is 14.5 Å². The lowest BCUT2D eigenvalue weighted by atomic mass is 9.92. The Labute approximate surface area is 120 Å². The van der Waals surface area contributed by atoms with E-state index in [0.29, 0.717) is 11.2 Å². The van der Waals surface area contributed by atoms with Crippen molar-refractivity contribution < 1.29 is 25.2 Å². The van der Waals surface area contributed by atoms with Crippen molar-refractivity contribution in [2.75, 3.05) is 13.2 Å². The van der Waals surface area contributed by atoms with Gasteiger partial charge in [0.05, 0.1) is 25.6 Å². The van der Waals surface area contributed by atoms with E-state index in [1.807, 2.05) is 0 Å². The first-order valence-corrected chi connectivity index (χ1v) is 6.62. The molecule has 1 aliphatic heterocycles. The standard InChI is InChI=1S/C13H17N3O5/c1-7-10(20)13(4-17,5-18)21-12(7)16-6-15-9-8(19)2-3-14-11(9)16/h2-3,6-7,10,12,17-18,20H,4-5H2,1H3,(H,14,19)/t7-,10-,12+/m0/s1. The largest absolute Gasteiger partial charge is 0.505 e. The zero-order valence-corrected chi connectivity index (χ0v) is 11.4. The number of aromatic nitrogens is 3. The van der Waals surface area contributed by atoms with Crippen LogP contribution in [-0.4, -0.2) is 59.9 Å². The lowest BCUT2D eigenvalue weighted by Gasteiger charge is -2.27. The van der Waals surface area contributed by atoms with Gasteiger partial charge in [-0.25, -0.2) is 9.97 Å². The molecule has 3 heterocycles. The van der Waals surface area contributed by atoms with Crippen LogP contribution in [0.1, 0.15) is 13.2 Å². The molecular formula is C13H17N3O5. The number of hydrogen-bond acceptors (Lipinski definition) is 7. The van der Waals surface area contributed by atoms with Crippen LogP contribution < -0.4 is 0 Å². The van der Waals surface area contributed by atoms with Crippen molar-refractivity contribution in [3.05, 3.63) is 18.6 Å². The molecule has 1 saturated heterocycles. The molecule has 0 bridgehead atoms. The van der Waals surface area contributed by atoms with Crippen molar-refractivity contribution >= 4 is 11.2 Å². The molecule has 21 heavy (non-hydrogen) atoms. The Morgan fingerprint density at radius 1 is 1.33 bits per heavy atom. The molecule has 3 rings (SSSR count). The Bertz CT molecular complexity index is 654. The molecule has 1 fully saturated rings. The quantitative estimate of drug-likeness (QED) is 0.596. The van der Waals surface area contributed by atoms with Crippen molar-refractivity contribution in [2.24, 2.45) is 5.92 Å². The van der Waals surface area contributed by atoms with Gasteiger partial charge in [0.2, 0.25) is 0 Å². The molecule has 8 nitrogen and oxygen atoms in total. The van der Waals surface area contributed by atoms with E-state index in [2.05, 4.69) is 9.97 Å². The van der Waals surface area contributed by atoms with Crippen LogP contribution in [0.3, 0.4) is 0 Å². The lowest BCUT2D eigenvalue weighted by Crippen LogP contribution is -2.47. The fourth-order valence-electron chi connectivity index (χ4n) is 2.78. The normalized spacial score (nSPS) is 28.3. The van der Waals surface area contributed by atoms with Gasteiger partial charge in [-0.2, -0.15) is 0 Å². The number of aromatic hydroxyl groups is 1. The molecule has 114 valence electrons. The van der Waals surface area contributed by atoms with Crippen LogP contribution in [0.25, 0.3) is 11.2 Å². The molecular weight excluding hydrogens is 278 g/mol. The molecule has 0 amide bonds. The topological polar surface area (TPSA) is 121 Å². The number of nitrogens with zero attached hydrogens (tertiary/aromatic N) is 3. The van der Waals surface area contributed by atoms with Crippen LogP contribution in [-0.2, 0) is 4.74 Å². The minimum Gasteiger partial charge on any atom is -0.505 e. The summed E-state index contributed by atoms with van der Waals surface area (Å²) in [6, 6.07) is 1.43. The molecule has 1 aliphatic rings. The SMILES string of the molecule is C[C@@H]1[C@H](n2cnc3c(O)ccnc32)OC(CO)(CO)[C@H]1O. The van der Waals surface area contributed by atoms with Crippen LogP contribution in [0.2, 0.25) is 0 Å². The lowest BCUT2D eigenvalue weighted by molar-refractivity contribution is -0.149. The summed E-state index contributed by atoms with van der Waals surface area (Å²) in [6.07, 6.45) is 1.21. The summed E-state index contributed by atoms with van der Waals surface area (Å²) < 4.78 is 7.29. The molecule has 4 N–H and O–H groups in total. The van der Waals surface area contributed by atoms with Gasteiger partial charge in [0.15, 0.2) is 5.65 Å². The Kier molecular flexibility index (Phi) is 3.33. The first kappa shape index (κ1) is 14.2. The fraction of sp³-hybridized carbons (Fsp3) is 0.538. The molecule has 0 aromatic carbocycles. The Morgan fingerprint density at radius 2 is 2.05 bits per heavy atom. The summed E-state index contributed by atoms with van der Waals surface area (Å²) in [7, 11) is 0. The summed E-state index contributed by atoms with van der Waals surface area (Å²) in [4.78, 5) is 8.24. The van der Waals surface area contributed by atoms with Gasteiger partial charge in [-0.1, -0.05) is 6.92 Å². The van der Waals surface area contributed by atoms with E-state index in [1.165, 1.54) is 18.6 Å². The summed E-state index contributed by atoms with van der Waals surface area (Å²) in [5, 5.41) is 38.9.